The van der Waals surface area contributed by atoms with Gasteiger partial charge in [0.2, 0.25) is 0 Å². The molecule has 0 aliphatic heterocycles. The van der Waals surface area contributed by atoms with Gasteiger partial charge in [-0.25, -0.2) is 0 Å². The summed E-state index contributed by atoms with van der Waals surface area (Å²) in [4.78, 5) is 10.1. The van der Waals surface area contributed by atoms with Crippen molar-refractivity contribution >= 4 is 5.69 Å². The molecule has 0 radical (unpaired) electrons. The van der Waals surface area contributed by atoms with Crippen molar-refractivity contribution < 1.29 is 10.0 Å². The number of nitrogens with zero attached hydrogens (tertiary/aromatic N) is 1. The van der Waals surface area contributed by atoms with E-state index in [1.807, 2.05) is 0 Å². The van der Waals surface area contributed by atoms with E-state index in [4.69, 9.17) is 0 Å². The van der Waals surface area contributed by atoms with Crippen molar-refractivity contribution in [2.24, 2.45) is 0 Å². The van der Waals surface area contributed by atoms with E-state index in [-0.39, 0.29) is 5.69 Å². The Morgan fingerprint density at radius 2 is 2.15 bits per heavy atom. The molecule has 4 heteroatoms. The summed E-state index contributed by atoms with van der Waals surface area (Å²) >= 11 is 0. The molecule has 1 aromatic rings. The molecule has 0 aromatic heterocycles. The zero-order valence-corrected chi connectivity index (χ0v) is 7.30. The van der Waals surface area contributed by atoms with Crippen LogP contribution in [0.15, 0.2) is 24.3 Å². The van der Waals surface area contributed by atoms with E-state index < -0.39 is 11.0 Å². The second kappa shape index (κ2) is 4.00. The fourth-order valence-corrected chi connectivity index (χ4v) is 1.16. The standard InChI is InChI=1S/C9H11NO3/c1-2-9(11)7-5-3-4-6-8(7)10(12)13/h3-6,9,11H,2H2,1H3/t9-/m1/s1. The zero-order valence-electron chi connectivity index (χ0n) is 7.30. The molecule has 70 valence electrons. The fraction of sp³-hybridized carbons (Fsp3) is 0.333. The molecule has 0 aliphatic rings. The molecule has 0 saturated carbocycles. The molecule has 0 fully saturated rings. The minimum absolute atomic E-state index is 0.0168. The predicted octanol–water partition coefficient (Wildman–Crippen LogP) is 2.04. The van der Waals surface area contributed by atoms with Gasteiger partial charge in [0.25, 0.3) is 5.69 Å². The van der Waals surface area contributed by atoms with E-state index in [9.17, 15) is 15.2 Å². The van der Waals surface area contributed by atoms with Crippen molar-refractivity contribution in [1.82, 2.24) is 0 Å². The van der Waals surface area contributed by atoms with Crippen LogP contribution in [0.3, 0.4) is 0 Å². The summed E-state index contributed by atoms with van der Waals surface area (Å²) in [6.45, 7) is 1.78. The number of benzene rings is 1. The third-order valence-electron chi connectivity index (χ3n) is 1.88. The number of rotatable bonds is 3. The van der Waals surface area contributed by atoms with Crippen molar-refractivity contribution in [1.29, 1.82) is 0 Å². The van der Waals surface area contributed by atoms with Crippen LogP contribution in [0.5, 0.6) is 0 Å². The zero-order chi connectivity index (χ0) is 9.84. The molecule has 0 amide bonds. The first-order chi connectivity index (χ1) is 6.16. The topological polar surface area (TPSA) is 63.4 Å². The van der Waals surface area contributed by atoms with Crippen LogP contribution in [0.1, 0.15) is 25.0 Å². The van der Waals surface area contributed by atoms with Crippen molar-refractivity contribution in [3.63, 3.8) is 0 Å². The molecule has 1 atom stereocenters. The van der Waals surface area contributed by atoms with Gasteiger partial charge in [-0.2, -0.15) is 0 Å². The average Bonchev–Trinajstić information content (AvgIpc) is 2.16. The SMILES string of the molecule is CC[C@@H](O)c1ccccc1[N+](=O)[O-]. The molecule has 0 bridgehead atoms. The predicted molar refractivity (Wildman–Crippen MR) is 48.3 cm³/mol. The summed E-state index contributed by atoms with van der Waals surface area (Å²) < 4.78 is 0. The van der Waals surface area contributed by atoms with Crippen LogP contribution in [0.25, 0.3) is 0 Å². The molecule has 4 nitrogen and oxygen atoms in total. The third-order valence-corrected chi connectivity index (χ3v) is 1.88. The lowest BCUT2D eigenvalue weighted by Gasteiger charge is -2.07. The van der Waals surface area contributed by atoms with Gasteiger partial charge in [-0.15, -0.1) is 0 Å². The van der Waals surface area contributed by atoms with Gasteiger partial charge >= 0.3 is 0 Å². The summed E-state index contributed by atoms with van der Waals surface area (Å²) in [7, 11) is 0. The highest BCUT2D eigenvalue weighted by Crippen LogP contribution is 2.26. The van der Waals surface area contributed by atoms with Crippen LogP contribution < -0.4 is 0 Å². The Hall–Kier alpha value is -1.42. The molecule has 0 saturated heterocycles. The smallest absolute Gasteiger partial charge is 0.275 e. The summed E-state index contributed by atoms with van der Waals surface area (Å²) in [5.41, 5.74) is 0.367. The largest absolute Gasteiger partial charge is 0.388 e. The van der Waals surface area contributed by atoms with Crippen molar-refractivity contribution in [2.75, 3.05) is 0 Å². The molecule has 0 unspecified atom stereocenters. The summed E-state index contributed by atoms with van der Waals surface area (Å²) in [5, 5.41) is 20.0. The fourth-order valence-electron chi connectivity index (χ4n) is 1.16. The van der Waals surface area contributed by atoms with Crippen molar-refractivity contribution in [3.05, 3.63) is 39.9 Å². The maximum atomic E-state index is 10.5. The summed E-state index contributed by atoms with van der Waals surface area (Å²) in [6.07, 6.45) is -0.271. The number of para-hydroxylation sites is 1. The number of hydrogen-bond donors (Lipinski definition) is 1. The van der Waals surface area contributed by atoms with Gasteiger partial charge in [-0.05, 0) is 12.5 Å². The lowest BCUT2D eigenvalue weighted by atomic mass is 10.1. The van der Waals surface area contributed by atoms with Gasteiger partial charge in [-0.1, -0.05) is 19.1 Å². The van der Waals surface area contributed by atoms with E-state index in [2.05, 4.69) is 0 Å². The number of nitro benzene ring substituents is 1. The van der Waals surface area contributed by atoms with Crippen LogP contribution in [0, 0.1) is 10.1 Å². The Morgan fingerprint density at radius 1 is 1.54 bits per heavy atom. The Kier molecular flexibility index (Phi) is 2.97. The first-order valence-electron chi connectivity index (χ1n) is 4.08. The Bertz CT molecular complexity index is 311. The molecule has 13 heavy (non-hydrogen) atoms. The van der Waals surface area contributed by atoms with Crippen molar-refractivity contribution in [3.8, 4) is 0 Å². The molecule has 0 aliphatic carbocycles. The minimum Gasteiger partial charge on any atom is -0.388 e. The highest BCUT2D eigenvalue weighted by atomic mass is 16.6. The second-order valence-corrected chi connectivity index (χ2v) is 2.74. The van der Waals surface area contributed by atoms with Crippen LogP contribution in [0.2, 0.25) is 0 Å². The minimum atomic E-state index is -0.749. The maximum Gasteiger partial charge on any atom is 0.275 e. The first kappa shape index (κ1) is 9.67. The molecule has 1 aromatic carbocycles. The van der Waals surface area contributed by atoms with E-state index in [1.165, 1.54) is 6.07 Å². The summed E-state index contributed by atoms with van der Waals surface area (Å²) in [5.74, 6) is 0. The molecular weight excluding hydrogens is 170 g/mol. The van der Waals surface area contributed by atoms with Crippen LogP contribution in [-0.2, 0) is 0 Å². The van der Waals surface area contributed by atoms with E-state index in [0.717, 1.165) is 0 Å². The normalized spacial score (nSPS) is 12.5. The third kappa shape index (κ3) is 2.03. The second-order valence-electron chi connectivity index (χ2n) is 2.74. The molecule has 1 N–H and O–H groups in total. The monoisotopic (exact) mass is 181 g/mol. The lowest BCUT2D eigenvalue weighted by Crippen LogP contribution is -2.00. The Labute approximate surface area is 76.0 Å². The van der Waals surface area contributed by atoms with E-state index in [0.29, 0.717) is 12.0 Å². The Morgan fingerprint density at radius 3 is 2.69 bits per heavy atom. The quantitative estimate of drug-likeness (QED) is 0.573. The molecule has 0 heterocycles. The van der Waals surface area contributed by atoms with Gasteiger partial charge in [0.05, 0.1) is 16.6 Å². The van der Waals surface area contributed by atoms with E-state index in [1.54, 1.807) is 25.1 Å². The van der Waals surface area contributed by atoms with Crippen molar-refractivity contribution in [2.45, 2.75) is 19.4 Å². The lowest BCUT2D eigenvalue weighted by molar-refractivity contribution is -0.386. The molecule has 0 spiro atoms. The first-order valence-corrected chi connectivity index (χ1v) is 4.08. The van der Waals surface area contributed by atoms with Crippen LogP contribution >= 0.6 is 0 Å². The average molecular weight is 181 g/mol. The molecule has 1 rings (SSSR count). The van der Waals surface area contributed by atoms with Gasteiger partial charge in [0.1, 0.15) is 0 Å². The molecular formula is C9H11NO3. The summed E-state index contributed by atoms with van der Waals surface area (Å²) in [6, 6.07) is 6.24. The van der Waals surface area contributed by atoms with E-state index >= 15 is 0 Å². The van der Waals surface area contributed by atoms with Gasteiger partial charge in [-0.3, -0.25) is 10.1 Å². The maximum absolute atomic E-state index is 10.5. The van der Waals surface area contributed by atoms with Crippen LogP contribution in [0.4, 0.5) is 5.69 Å². The van der Waals surface area contributed by atoms with Crippen LogP contribution in [-0.4, -0.2) is 10.0 Å². The van der Waals surface area contributed by atoms with Gasteiger partial charge in [0, 0.05) is 6.07 Å². The number of aliphatic hydroxyl groups excluding tert-OH is 1. The van der Waals surface area contributed by atoms with Gasteiger partial charge < -0.3 is 5.11 Å². The highest BCUT2D eigenvalue weighted by molar-refractivity contribution is 5.41. The number of hydrogen-bond acceptors (Lipinski definition) is 3. The Balaban J connectivity index is 3.11. The van der Waals surface area contributed by atoms with Gasteiger partial charge in [0.15, 0.2) is 0 Å². The number of aliphatic hydroxyl groups is 1. The highest BCUT2D eigenvalue weighted by Gasteiger charge is 2.17. The number of nitro groups is 1.